The van der Waals surface area contributed by atoms with Crippen molar-refractivity contribution in [3.05, 3.63) is 42.9 Å². The van der Waals surface area contributed by atoms with E-state index < -0.39 is 0 Å². The smallest absolute Gasteiger partial charge is 0.179 e. The Morgan fingerprint density at radius 3 is 2.90 bits per heavy atom. The number of aromatic nitrogens is 3. The number of nitrogens with one attached hydrogen (secondary N) is 1. The van der Waals surface area contributed by atoms with Gasteiger partial charge in [0.15, 0.2) is 19.3 Å². The monoisotopic (exact) mass is 265 g/mol. The van der Waals surface area contributed by atoms with Gasteiger partial charge in [0, 0.05) is 44.1 Å². The predicted molar refractivity (Wildman–Crippen MR) is 85.2 cm³/mol. The zero-order valence-electron chi connectivity index (χ0n) is 11.8. The number of nitrogens with zero attached hydrogens (tertiary/aromatic N) is 4. The first-order chi connectivity index (χ1) is 9.65. The highest BCUT2D eigenvalue weighted by atomic mass is 15.1. The lowest BCUT2D eigenvalue weighted by Crippen LogP contribution is -2.10. The molecule has 0 unspecified atom stereocenters. The molecule has 0 saturated carbocycles. The van der Waals surface area contributed by atoms with E-state index in [2.05, 4.69) is 32.3 Å². The second kappa shape index (κ2) is 4.88. The Bertz CT molecular complexity index is 750. The standard InChI is InChI=1S/C14H16BN5/c1-19(2)11-5-3-4-10(8-11)18-13-14-17-9-12(15)20(14)7-6-16-13/h3-9H,15H2,1-2H3,(H,16,18). The molecule has 5 nitrogen and oxygen atoms in total. The minimum atomic E-state index is 0.761. The van der Waals surface area contributed by atoms with E-state index in [1.54, 1.807) is 6.20 Å². The summed E-state index contributed by atoms with van der Waals surface area (Å²) in [5, 5.41) is 3.33. The Labute approximate surface area is 118 Å². The van der Waals surface area contributed by atoms with Gasteiger partial charge in [-0.25, -0.2) is 9.97 Å². The Morgan fingerprint density at radius 2 is 2.10 bits per heavy atom. The average Bonchev–Trinajstić information content (AvgIpc) is 2.82. The fraction of sp³-hybridized carbons (Fsp3) is 0.143. The third-order valence-corrected chi connectivity index (χ3v) is 3.24. The second-order valence-corrected chi connectivity index (χ2v) is 4.94. The molecule has 6 heteroatoms. The van der Waals surface area contributed by atoms with Gasteiger partial charge in [-0.15, -0.1) is 0 Å². The molecule has 3 aromatic rings. The number of rotatable bonds is 3. The van der Waals surface area contributed by atoms with E-state index in [0.29, 0.717) is 0 Å². The van der Waals surface area contributed by atoms with Crippen LogP contribution in [-0.2, 0) is 0 Å². The van der Waals surface area contributed by atoms with Gasteiger partial charge in [0.2, 0.25) is 0 Å². The van der Waals surface area contributed by atoms with Crippen LogP contribution in [0.15, 0.2) is 42.9 Å². The summed E-state index contributed by atoms with van der Waals surface area (Å²) in [6, 6.07) is 8.20. The van der Waals surface area contributed by atoms with Crippen molar-refractivity contribution in [3.8, 4) is 0 Å². The lowest BCUT2D eigenvalue weighted by Gasteiger charge is -2.14. The topological polar surface area (TPSA) is 45.5 Å². The van der Waals surface area contributed by atoms with Crippen molar-refractivity contribution >= 4 is 36.3 Å². The van der Waals surface area contributed by atoms with Crippen LogP contribution in [0.3, 0.4) is 0 Å². The lowest BCUT2D eigenvalue weighted by molar-refractivity contribution is 1.13. The molecule has 2 heterocycles. The predicted octanol–water partition coefficient (Wildman–Crippen LogP) is 0.797. The SMILES string of the molecule is Bc1cnc2c(Nc3cccc(N(C)C)c3)nccn12. The number of hydrogen-bond donors (Lipinski definition) is 1. The highest BCUT2D eigenvalue weighted by molar-refractivity contribution is 6.31. The molecule has 0 atom stereocenters. The molecule has 1 N–H and O–H groups in total. The van der Waals surface area contributed by atoms with Crippen molar-refractivity contribution in [1.82, 2.24) is 14.4 Å². The van der Waals surface area contributed by atoms with Crippen LogP contribution in [0.1, 0.15) is 0 Å². The van der Waals surface area contributed by atoms with Crippen LogP contribution in [0, 0.1) is 0 Å². The zero-order chi connectivity index (χ0) is 14.1. The molecule has 0 aliphatic carbocycles. The van der Waals surface area contributed by atoms with Crippen molar-refractivity contribution in [3.63, 3.8) is 0 Å². The molecular formula is C14H16BN5. The molecule has 0 aliphatic rings. The molecule has 100 valence electrons. The van der Waals surface area contributed by atoms with Crippen LogP contribution < -0.4 is 15.8 Å². The van der Waals surface area contributed by atoms with E-state index in [-0.39, 0.29) is 0 Å². The maximum absolute atomic E-state index is 4.40. The van der Waals surface area contributed by atoms with Crippen LogP contribution >= 0.6 is 0 Å². The quantitative estimate of drug-likeness (QED) is 0.711. The summed E-state index contributed by atoms with van der Waals surface area (Å²) in [6.45, 7) is 0. The van der Waals surface area contributed by atoms with Crippen molar-refractivity contribution in [2.75, 3.05) is 24.3 Å². The first kappa shape index (κ1) is 12.5. The molecule has 0 saturated heterocycles. The summed E-state index contributed by atoms with van der Waals surface area (Å²) < 4.78 is 2.02. The van der Waals surface area contributed by atoms with Gasteiger partial charge in [0.25, 0.3) is 0 Å². The summed E-state index contributed by atoms with van der Waals surface area (Å²) in [4.78, 5) is 10.8. The van der Waals surface area contributed by atoms with Gasteiger partial charge >= 0.3 is 0 Å². The Hall–Kier alpha value is -2.50. The van der Waals surface area contributed by atoms with Crippen LogP contribution in [0.5, 0.6) is 0 Å². The number of fused-ring (bicyclic) bond motifs is 1. The summed E-state index contributed by atoms with van der Waals surface area (Å²) in [5.74, 6) is 0.761. The fourth-order valence-corrected chi connectivity index (χ4v) is 2.13. The highest BCUT2D eigenvalue weighted by Gasteiger charge is 2.06. The average molecular weight is 265 g/mol. The number of benzene rings is 1. The van der Waals surface area contributed by atoms with Gasteiger partial charge in [-0.2, -0.15) is 0 Å². The van der Waals surface area contributed by atoms with Crippen molar-refractivity contribution < 1.29 is 0 Å². The number of imidazole rings is 1. The van der Waals surface area contributed by atoms with Gasteiger partial charge in [-0.1, -0.05) is 6.07 Å². The molecule has 0 amide bonds. The van der Waals surface area contributed by atoms with E-state index in [1.807, 2.05) is 50.9 Å². The van der Waals surface area contributed by atoms with E-state index in [4.69, 9.17) is 0 Å². The first-order valence-electron chi connectivity index (χ1n) is 6.48. The molecule has 20 heavy (non-hydrogen) atoms. The maximum Gasteiger partial charge on any atom is 0.179 e. The molecule has 0 bridgehead atoms. The summed E-state index contributed by atoms with van der Waals surface area (Å²) in [7, 11) is 6.07. The molecule has 2 aromatic heterocycles. The highest BCUT2D eigenvalue weighted by Crippen LogP contribution is 2.21. The van der Waals surface area contributed by atoms with Crippen LogP contribution in [-0.4, -0.2) is 36.3 Å². The van der Waals surface area contributed by atoms with Gasteiger partial charge in [-0.05, 0) is 23.8 Å². The minimum absolute atomic E-state index is 0.761. The van der Waals surface area contributed by atoms with Gasteiger partial charge in [0.1, 0.15) is 0 Å². The van der Waals surface area contributed by atoms with E-state index in [1.165, 1.54) is 0 Å². The Kier molecular flexibility index (Phi) is 3.06. The van der Waals surface area contributed by atoms with Crippen molar-refractivity contribution in [1.29, 1.82) is 0 Å². The van der Waals surface area contributed by atoms with Crippen molar-refractivity contribution in [2.45, 2.75) is 0 Å². The molecule has 1 aromatic carbocycles. The lowest BCUT2D eigenvalue weighted by atomic mass is 10.1. The third kappa shape index (κ3) is 2.20. The summed E-state index contributed by atoms with van der Waals surface area (Å²) in [5.41, 5.74) is 4.06. The third-order valence-electron chi connectivity index (χ3n) is 3.24. The molecule has 0 fully saturated rings. The maximum atomic E-state index is 4.40. The van der Waals surface area contributed by atoms with Crippen LogP contribution in [0.2, 0.25) is 0 Å². The largest absolute Gasteiger partial charge is 0.378 e. The van der Waals surface area contributed by atoms with Gasteiger partial charge < -0.3 is 14.6 Å². The molecule has 0 radical (unpaired) electrons. The van der Waals surface area contributed by atoms with Gasteiger partial charge in [-0.3, -0.25) is 0 Å². The normalized spacial score (nSPS) is 10.7. The zero-order valence-corrected chi connectivity index (χ0v) is 11.8. The molecule has 0 spiro atoms. The van der Waals surface area contributed by atoms with E-state index >= 15 is 0 Å². The first-order valence-corrected chi connectivity index (χ1v) is 6.48. The number of hydrogen-bond acceptors (Lipinski definition) is 4. The van der Waals surface area contributed by atoms with Crippen LogP contribution in [0.4, 0.5) is 17.2 Å². The summed E-state index contributed by atoms with van der Waals surface area (Å²) >= 11 is 0. The number of anilines is 3. The van der Waals surface area contributed by atoms with Crippen molar-refractivity contribution in [2.24, 2.45) is 0 Å². The van der Waals surface area contributed by atoms with E-state index in [0.717, 1.165) is 28.4 Å². The van der Waals surface area contributed by atoms with E-state index in [9.17, 15) is 0 Å². The molecule has 0 aliphatic heterocycles. The van der Waals surface area contributed by atoms with Gasteiger partial charge in [0.05, 0.1) is 0 Å². The Balaban J connectivity index is 1.99. The molecular weight excluding hydrogens is 249 g/mol. The second-order valence-electron chi connectivity index (χ2n) is 4.94. The fourth-order valence-electron chi connectivity index (χ4n) is 2.13. The minimum Gasteiger partial charge on any atom is -0.378 e. The Morgan fingerprint density at radius 1 is 1.25 bits per heavy atom. The summed E-state index contributed by atoms with van der Waals surface area (Å²) in [6.07, 6.45) is 5.54. The van der Waals surface area contributed by atoms with Crippen LogP contribution in [0.25, 0.3) is 5.65 Å². The molecule has 3 rings (SSSR count).